The predicted molar refractivity (Wildman–Crippen MR) is 173 cm³/mol. The first-order valence-electron chi connectivity index (χ1n) is 15.6. The third-order valence-electron chi connectivity index (χ3n) is 9.53. The summed E-state index contributed by atoms with van der Waals surface area (Å²) in [4.78, 5) is 19.1. The molecule has 0 unspecified atom stereocenters. The largest absolute Gasteiger partial charge is 0.508 e. The Morgan fingerprint density at radius 3 is 2.71 bits per heavy atom. The first-order valence-corrected chi connectivity index (χ1v) is 15.6. The summed E-state index contributed by atoms with van der Waals surface area (Å²) in [7, 11) is 3.52. The summed E-state index contributed by atoms with van der Waals surface area (Å²) in [6.45, 7) is 3.16. The van der Waals surface area contributed by atoms with Crippen molar-refractivity contribution in [3.63, 3.8) is 0 Å². The van der Waals surface area contributed by atoms with Crippen molar-refractivity contribution in [1.29, 1.82) is 5.26 Å². The Hall–Kier alpha value is -4.68. The second-order valence-corrected chi connectivity index (χ2v) is 12.4. The molecule has 3 aromatic carbocycles. The number of phenols is 1. The molecule has 4 heterocycles. The fourth-order valence-corrected chi connectivity index (χ4v) is 7.42. The minimum Gasteiger partial charge on any atom is -0.508 e. The molecule has 2 aromatic heterocycles. The monoisotopic (exact) mass is 605 g/mol. The van der Waals surface area contributed by atoms with Crippen LogP contribution in [0.5, 0.6) is 11.6 Å². The lowest BCUT2D eigenvalue weighted by Crippen LogP contribution is -2.39. The number of nitriles is 1. The van der Waals surface area contributed by atoms with Crippen LogP contribution in [0.4, 0.5) is 4.39 Å². The first kappa shape index (κ1) is 29.1. The van der Waals surface area contributed by atoms with Gasteiger partial charge in [0, 0.05) is 56.2 Å². The first-order chi connectivity index (χ1) is 21.8. The molecule has 45 heavy (non-hydrogen) atoms. The highest BCUT2D eigenvalue weighted by Crippen LogP contribution is 2.49. The van der Waals surface area contributed by atoms with Crippen LogP contribution >= 0.6 is 0 Å². The van der Waals surface area contributed by atoms with Gasteiger partial charge in [-0.05, 0) is 78.3 Å². The van der Waals surface area contributed by atoms with Gasteiger partial charge in [0.2, 0.25) is 11.8 Å². The Labute approximate surface area is 261 Å². The van der Waals surface area contributed by atoms with E-state index < -0.39 is 5.82 Å². The van der Waals surface area contributed by atoms with Crippen LogP contribution in [0.3, 0.4) is 0 Å². The Morgan fingerprint density at radius 1 is 1.18 bits per heavy atom. The number of pyridine rings is 1. The predicted octanol–water partition coefficient (Wildman–Crippen LogP) is 6.26. The highest BCUT2D eigenvalue weighted by Gasteiger charge is 2.49. The van der Waals surface area contributed by atoms with Gasteiger partial charge in [-0.1, -0.05) is 24.3 Å². The average Bonchev–Trinajstić information content (AvgIpc) is 3.76. The zero-order chi connectivity index (χ0) is 31.4. The lowest BCUT2D eigenvalue weighted by molar-refractivity contribution is -0.128. The summed E-state index contributed by atoms with van der Waals surface area (Å²) in [5.41, 5.74) is 3.60. The normalized spacial score (nSPS) is 18.8. The fraction of sp³-hybridized carbons (Fsp3) is 0.361. The number of rotatable bonds is 9. The molecular formula is C36H36FN5O3. The van der Waals surface area contributed by atoms with Gasteiger partial charge in [-0.15, -0.1) is 0 Å². The number of aryl methyl sites for hydroxylation is 2. The van der Waals surface area contributed by atoms with Gasteiger partial charge in [-0.25, -0.2) is 9.37 Å². The summed E-state index contributed by atoms with van der Waals surface area (Å²) >= 11 is 0. The molecule has 8 rings (SSSR count). The van der Waals surface area contributed by atoms with E-state index in [9.17, 15) is 15.2 Å². The van der Waals surface area contributed by atoms with E-state index in [1.165, 1.54) is 0 Å². The fourth-order valence-electron chi connectivity index (χ4n) is 7.42. The number of amides is 1. The maximum atomic E-state index is 17.2. The molecule has 3 fully saturated rings. The maximum absolute atomic E-state index is 17.2. The van der Waals surface area contributed by atoms with Gasteiger partial charge in [-0.3, -0.25) is 4.79 Å². The second kappa shape index (κ2) is 11.4. The molecule has 8 nitrogen and oxygen atoms in total. The molecule has 3 atom stereocenters. The topological polar surface area (TPSA) is 103 Å². The summed E-state index contributed by atoms with van der Waals surface area (Å²) in [6, 6.07) is 17.6. The molecule has 3 aliphatic rings. The Kier molecular flexibility index (Phi) is 7.33. The van der Waals surface area contributed by atoms with E-state index in [-0.39, 0.29) is 29.6 Å². The smallest absolute Gasteiger partial charge is 0.223 e. The van der Waals surface area contributed by atoms with Gasteiger partial charge in [0.1, 0.15) is 11.3 Å². The summed E-state index contributed by atoms with van der Waals surface area (Å²) < 4.78 is 25.6. The van der Waals surface area contributed by atoms with Crippen molar-refractivity contribution in [2.45, 2.75) is 51.1 Å². The SMILES string of the molecule is CCOc1nc2c(F)c(-c3cc(O)cc4ccccc34)c(CCC#N)cc2c2c1cc(CCC(=O)N(C)C)n2[C@H]1[C@H]2CN[C@@H]1C2. The van der Waals surface area contributed by atoms with Crippen LogP contribution in [-0.2, 0) is 17.6 Å². The van der Waals surface area contributed by atoms with Crippen LogP contribution in [0.15, 0.2) is 48.5 Å². The summed E-state index contributed by atoms with van der Waals surface area (Å²) in [6.07, 6.45) is 2.51. The quantitative estimate of drug-likeness (QED) is 0.206. The summed E-state index contributed by atoms with van der Waals surface area (Å²) in [5.74, 6) is 0.363. The third kappa shape index (κ3) is 4.75. The second-order valence-electron chi connectivity index (χ2n) is 12.4. The molecule has 2 saturated heterocycles. The zero-order valence-corrected chi connectivity index (χ0v) is 25.7. The highest BCUT2D eigenvalue weighted by atomic mass is 19.1. The van der Waals surface area contributed by atoms with E-state index >= 15 is 4.39 Å². The number of nitrogens with zero attached hydrogens (tertiary/aromatic N) is 4. The van der Waals surface area contributed by atoms with Gasteiger partial charge < -0.3 is 24.6 Å². The number of nitrogens with one attached hydrogen (secondary N) is 1. The van der Waals surface area contributed by atoms with Crippen molar-refractivity contribution in [3.05, 3.63) is 65.6 Å². The van der Waals surface area contributed by atoms with Crippen molar-refractivity contribution in [3.8, 4) is 28.8 Å². The molecule has 5 aromatic rings. The molecule has 1 aliphatic carbocycles. The minimum absolute atomic E-state index is 0.0339. The van der Waals surface area contributed by atoms with Crippen LogP contribution in [0, 0.1) is 23.1 Å². The van der Waals surface area contributed by atoms with Crippen molar-refractivity contribution >= 4 is 38.5 Å². The third-order valence-corrected chi connectivity index (χ3v) is 9.53. The number of halogens is 1. The van der Waals surface area contributed by atoms with Gasteiger partial charge in [-0.2, -0.15) is 5.26 Å². The number of fused-ring (bicyclic) bond motifs is 5. The molecular weight excluding hydrogens is 569 g/mol. The van der Waals surface area contributed by atoms with Gasteiger partial charge >= 0.3 is 0 Å². The lowest BCUT2D eigenvalue weighted by Gasteiger charge is -2.38. The number of benzene rings is 3. The standard InChI is InChI=1S/C36H36FN5O3/c1-4-45-36-28-17-23(11-12-30(44)41(2)3)42(34-22-16-29(34)39-19-22)35(28)27-15-21(9-7-13-38)31(32(37)33(27)40-36)26-18-24(43)14-20-8-5-6-10-25(20)26/h5-6,8,10,14-15,17-18,22,29,34,39,43H,4,7,9,11-12,16,19H2,1-3H3/t22-,29-,34+/m1/s1. The molecule has 2 aliphatic heterocycles. The molecule has 0 radical (unpaired) electrons. The Balaban J connectivity index is 1.55. The number of hydrogen-bond donors (Lipinski definition) is 2. The minimum atomic E-state index is -0.508. The van der Waals surface area contributed by atoms with Gasteiger partial charge in [0.25, 0.3) is 0 Å². The van der Waals surface area contributed by atoms with Crippen LogP contribution < -0.4 is 10.1 Å². The Bertz CT molecular complexity index is 2010. The van der Waals surface area contributed by atoms with E-state index in [0.29, 0.717) is 65.8 Å². The van der Waals surface area contributed by atoms with Gasteiger partial charge in [0.15, 0.2) is 5.82 Å². The Morgan fingerprint density at radius 2 is 2.00 bits per heavy atom. The van der Waals surface area contributed by atoms with Crippen molar-refractivity contribution in [2.24, 2.45) is 5.92 Å². The number of aromatic hydroxyl groups is 1. The molecule has 9 heteroatoms. The molecule has 1 amide bonds. The number of carbonyl (C=O) groups excluding carboxylic acids is 1. The zero-order valence-electron chi connectivity index (χ0n) is 25.7. The number of ether oxygens (including phenoxy) is 1. The number of phenolic OH excluding ortho intramolecular Hbond substituents is 1. The van der Waals surface area contributed by atoms with E-state index in [1.54, 1.807) is 31.1 Å². The van der Waals surface area contributed by atoms with Crippen LogP contribution in [0.1, 0.15) is 43.5 Å². The van der Waals surface area contributed by atoms with Crippen molar-refractivity contribution in [2.75, 3.05) is 27.2 Å². The molecule has 0 spiro atoms. The molecule has 2 N–H and O–H groups in total. The van der Waals surface area contributed by atoms with E-state index in [0.717, 1.165) is 40.3 Å². The maximum Gasteiger partial charge on any atom is 0.223 e. The van der Waals surface area contributed by atoms with E-state index in [4.69, 9.17) is 9.72 Å². The molecule has 230 valence electrons. The van der Waals surface area contributed by atoms with Crippen LogP contribution in [0.2, 0.25) is 0 Å². The van der Waals surface area contributed by atoms with E-state index in [1.807, 2.05) is 37.3 Å². The van der Waals surface area contributed by atoms with Crippen LogP contribution in [0.25, 0.3) is 43.7 Å². The number of carbonyl (C=O) groups is 1. The highest BCUT2D eigenvalue weighted by molar-refractivity contribution is 6.10. The van der Waals surface area contributed by atoms with Crippen molar-refractivity contribution < 1.29 is 19.0 Å². The van der Waals surface area contributed by atoms with Crippen LogP contribution in [-0.4, -0.2) is 58.8 Å². The van der Waals surface area contributed by atoms with Crippen molar-refractivity contribution in [1.82, 2.24) is 19.8 Å². The average molecular weight is 606 g/mol. The van der Waals surface area contributed by atoms with E-state index in [2.05, 4.69) is 22.0 Å². The number of aromatic nitrogens is 2. The molecule has 2 bridgehead atoms. The molecule has 1 saturated carbocycles. The summed E-state index contributed by atoms with van der Waals surface area (Å²) in [5, 5.41) is 26.9. The lowest BCUT2D eigenvalue weighted by atomic mass is 9.79. The number of hydrogen-bond acceptors (Lipinski definition) is 6. The van der Waals surface area contributed by atoms with Gasteiger partial charge in [0.05, 0.1) is 29.6 Å².